The molecule has 1 aromatic heterocycles. The third kappa shape index (κ3) is 6.74. The Hall–Kier alpha value is -4.62. The van der Waals surface area contributed by atoms with Crippen LogP contribution in [-0.4, -0.2) is 78.9 Å². The lowest BCUT2D eigenvalue weighted by atomic mass is 9.97. The number of hydrogen-bond acceptors (Lipinski definition) is 8. The maximum atomic E-state index is 13.0. The van der Waals surface area contributed by atoms with Gasteiger partial charge in [0.25, 0.3) is 5.91 Å². The zero-order valence-corrected chi connectivity index (χ0v) is 20.3. The standard InChI is InChI=1S/C23H28N8O6/c1-3-13(2)19(26-20(33)14-7-4-5-8-15(14)23(36)37)22(35)25-12-18(32)31-10-6-9-16(31)21(34)24-11-17-27-29-30-28-17/h4-8,10,13,16,19H,3,9,11-12H2,1-2H3,(H,24,34)(H,25,35)(H,26,33)(H,36,37)(H,27,28,29,30)/t13-,16-,19-/m0/s1. The number of rotatable bonds is 11. The molecule has 0 saturated carbocycles. The first-order valence-corrected chi connectivity index (χ1v) is 11.6. The number of hydrogen-bond donors (Lipinski definition) is 5. The molecule has 1 aliphatic heterocycles. The first-order valence-electron chi connectivity index (χ1n) is 11.6. The van der Waals surface area contributed by atoms with Gasteiger partial charge in [0, 0.05) is 6.20 Å². The Balaban J connectivity index is 1.60. The summed E-state index contributed by atoms with van der Waals surface area (Å²) in [5.41, 5.74) is -0.271. The second kappa shape index (κ2) is 12.4. The summed E-state index contributed by atoms with van der Waals surface area (Å²) in [6, 6.07) is 3.86. The van der Waals surface area contributed by atoms with Crippen molar-refractivity contribution < 1.29 is 29.1 Å². The monoisotopic (exact) mass is 512 g/mol. The minimum Gasteiger partial charge on any atom is -0.478 e. The van der Waals surface area contributed by atoms with Crippen LogP contribution in [0.3, 0.4) is 0 Å². The Labute approximate surface area is 211 Å². The molecule has 14 heteroatoms. The van der Waals surface area contributed by atoms with Gasteiger partial charge in [-0.2, -0.15) is 5.21 Å². The van der Waals surface area contributed by atoms with Gasteiger partial charge in [0.15, 0.2) is 5.82 Å². The number of nitrogens with zero attached hydrogens (tertiary/aromatic N) is 4. The Morgan fingerprint density at radius 3 is 2.54 bits per heavy atom. The van der Waals surface area contributed by atoms with Crippen molar-refractivity contribution in [3.05, 3.63) is 53.5 Å². The van der Waals surface area contributed by atoms with E-state index in [4.69, 9.17) is 0 Å². The number of H-pyrrole nitrogens is 1. The highest BCUT2D eigenvalue weighted by Gasteiger charge is 2.32. The van der Waals surface area contributed by atoms with E-state index in [2.05, 4.69) is 36.6 Å². The number of carbonyl (C=O) groups is 5. The maximum absolute atomic E-state index is 13.0. The largest absolute Gasteiger partial charge is 0.478 e. The molecule has 3 rings (SSSR count). The summed E-state index contributed by atoms with van der Waals surface area (Å²) in [5, 5.41) is 30.3. The van der Waals surface area contributed by atoms with Crippen LogP contribution in [0.1, 0.15) is 53.2 Å². The average Bonchev–Trinajstić information content (AvgIpc) is 3.60. The van der Waals surface area contributed by atoms with Gasteiger partial charge < -0.3 is 26.0 Å². The normalized spacial score (nSPS) is 16.1. The van der Waals surface area contributed by atoms with Gasteiger partial charge >= 0.3 is 5.97 Å². The van der Waals surface area contributed by atoms with Gasteiger partial charge in [-0.3, -0.25) is 19.2 Å². The molecule has 2 aromatic rings. The molecule has 14 nitrogen and oxygen atoms in total. The molecule has 0 saturated heterocycles. The SMILES string of the molecule is CC[C@H](C)[C@H](NC(=O)c1ccccc1C(=O)O)C(=O)NCC(=O)N1C=CC[C@H]1C(=O)NCc1nn[nH]n1. The number of aromatic carboxylic acids is 1. The molecule has 3 atom stereocenters. The number of carboxylic acid groups (broad SMARTS) is 1. The lowest BCUT2D eigenvalue weighted by Crippen LogP contribution is -2.53. The molecule has 0 bridgehead atoms. The number of nitrogens with one attached hydrogen (secondary N) is 4. The van der Waals surface area contributed by atoms with Gasteiger partial charge in [0.1, 0.15) is 12.1 Å². The predicted molar refractivity (Wildman–Crippen MR) is 128 cm³/mol. The lowest BCUT2D eigenvalue weighted by Gasteiger charge is -2.26. The van der Waals surface area contributed by atoms with E-state index in [1.165, 1.54) is 35.4 Å². The molecular weight excluding hydrogens is 484 g/mol. The van der Waals surface area contributed by atoms with Crippen molar-refractivity contribution in [3.63, 3.8) is 0 Å². The topological polar surface area (TPSA) is 199 Å². The van der Waals surface area contributed by atoms with Gasteiger partial charge in [-0.15, -0.1) is 10.2 Å². The van der Waals surface area contributed by atoms with Crippen molar-refractivity contribution in [1.29, 1.82) is 0 Å². The summed E-state index contributed by atoms with van der Waals surface area (Å²) in [5.74, 6) is -3.56. The minimum absolute atomic E-state index is 0.0336. The molecule has 0 radical (unpaired) electrons. The van der Waals surface area contributed by atoms with Crippen molar-refractivity contribution in [3.8, 4) is 0 Å². The van der Waals surface area contributed by atoms with Crippen LogP contribution in [-0.2, 0) is 20.9 Å². The smallest absolute Gasteiger partial charge is 0.336 e. The highest BCUT2D eigenvalue weighted by molar-refractivity contribution is 6.06. The lowest BCUT2D eigenvalue weighted by molar-refractivity contribution is -0.137. The zero-order valence-electron chi connectivity index (χ0n) is 20.3. The third-order valence-electron chi connectivity index (χ3n) is 5.96. The van der Waals surface area contributed by atoms with E-state index in [1.54, 1.807) is 13.0 Å². The molecule has 0 spiro atoms. The molecule has 2 heterocycles. The van der Waals surface area contributed by atoms with Crippen LogP contribution < -0.4 is 16.0 Å². The third-order valence-corrected chi connectivity index (χ3v) is 5.96. The second-order valence-corrected chi connectivity index (χ2v) is 8.39. The molecule has 5 N–H and O–H groups in total. The van der Waals surface area contributed by atoms with Crippen molar-refractivity contribution in [2.45, 2.75) is 45.3 Å². The summed E-state index contributed by atoms with van der Waals surface area (Å²) in [4.78, 5) is 63.8. The summed E-state index contributed by atoms with van der Waals surface area (Å²) in [6.45, 7) is 3.21. The van der Waals surface area contributed by atoms with Gasteiger partial charge in [0.05, 0.1) is 24.2 Å². The van der Waals surface area contributed by atoms with Crippen LogP contribution in [0.5, 0.6) is 0 Å². The quantitative estimate of drug-likeness (QED) is 0.265. The summed E-state index contributed by atoms with van der Waals surface area (Å²) in [6.07, 6.45) is 3.97. The van der Waals surface area contributed by atoms with E-state index in [0.29, 0.717) is 12.8 Å². The highest BCUT2D eigenvalue weighted by Crippen LogP contribution is 2.16. The van der Waals surface area contributed by atoms with Crippen LogP contribution in [0.15, 0.2) is 36.5 Å². The van der Waals surface area contributed by atoms with E-state index in [0.717, 1.165) is 0 Å². The first-order chi connectivity index (χ1) is 17.7. The zero-order chi connectivity index (χ0) is 26.9. The van der Waals surface area contributed by atoms with Crippen LogP contribution in [0.2, 0.25) is 0 Å². The Morgan fingerprint density at radius 1 is 1.16 bits per heavy atom. The van der Waals surface area contributed by atoms with Crippen molar-refractivity contribution in [2.75, 3.05) is 6.54 Å². The number of carbonyl (C=O) groups excluding carboxylic acids is 4. The van der Waals surface area contributed by atoms with E-state index in [1.807, 2.05) is 6.92 Å². The van der Waals surface area contributed by atoms with Crippen molar-refractivity contribution in [1.82, 2.24) is 41.5 Å². The molecule has 196 valence electrons. The number of benzene rings is 1. The molecule has 0 fully saturated rings. The highest BCUT2D eigenvalue weighted by atomic mass is 16.4. The van der Waals surface area contributed by atoms with Crippen LogP contribution in [0.4, 0.5) is 0 Å². The van der Waals surface area contributed by atoms with Crippen molar-refractivity contribution >= 4 is 29.6 Å². The predicted octanol–water partition coefficient (Wildman–Crippen LogP) is -0.410. The Bertz CT molecular complexity index is 1180. The Kier molecular flexibility index (Phi) is 9.02. The van der Waals surface area contributed by atoms with Crippen LogP contribution >= 0.6 is 0 Å². The van der Waals surface area contributed by atoms with E-state index < -0.39 is 48.2 Å². The maximum Gasteiger partial charge on any atom is 0.336 e. The molecule has 4 amide bonds. The number of aromatic nitrogens is 4. The van der Waals surface area contributed by atoms with Crippen LogP contribution in [0.25, 0.3) is 0 Å². The molecule has 0 aliphatic carbocycles. The molecular formula is C23H28N8O6. The average molecular weight is 513 g/mol. The fraction of sp³-hybridized carbons (Fsp3) is 0.391. The summed E-state index contributed by atoms with van der Waals surface area (Å²) in [7, 11) is 0. The number of carboxylic acids is 1. The van der Waals surface area contributed by atoms with E-state index >= 15 is 0 Å². The first kappa shape index (κ1) is 27.0. The summed E-state index contributed by atoms with van der Waals surface area (Å²) < 4.78 is 0. The van der Waals surface area contributed by atoms with Gasteiger partial charge in [-0.1, -0.05) is 43.7 Å². The summed E-state index contributed by atoms with van der Waals surface area (Å²) >= 11 is 0. The van der Waals surface area contributed by atoms with E-state index in [9.17, 15) is 29.1 Å². The van der Waals surface area contributed by atoms with E-state index in [-0.39, 0.29) is 29.4 Å². The molecule has 1 aromatic carbocycles. The van der Waals surface area contributed by atoms with Gasteiger partial charge in [-0.25, -0.2) is 4.79 Å². The Morgan fingerprint density at radius 2 is 1.89 bits per heavy atom. The minimum atomic E-state index is -1.27. The fourth-order valence-corrected chi connectivity index (χ4v) is 3.70. The number of amides is 4. The van der Waals surface area contributed by atoms with Gasteiger partial charge in [-0.05, 0) is 24.5 Å². The van der Waals surface area contributed by atoms with Gasteiger partial charge in [0.2, 0.25) is 17.7 Å². The molecule has 1 aliphatic rings. The fourth-order valence-electron chi connectivity index (χ4n) is 3.70. The number of aromatic amines is 1. The second-order valence-electron chi connectivity index (χ2n) is 8.39. The number of tetrazole rings is 1. The van der Waals surface area contributed by atoms with Crippen LogP contribution in [0, 0.1) is 5.92 Å². The molecule has 0 unspecified atom stereocenters. The molecule has 37 heavy (non-hydrogen) atoms. The van der Waals surface area contributed by atoms with Crippen molar-refractivity contribution in [2.24, 2.45) is 5.92 Å².